The zero-order valence-electron chi connectivity index (χ0n) is 13.3. The van der Waals surface area contributed by atoms with Crippen molar-refractivity contribution in [2.75, 3.05) is 11.9 Å². The Bertz CT molecular complexity index is 527. The summed E-state index contributed by atoms with van der Waals surface area (Å²) in [6.45, 7) is 6.88. The second-order valence-corrected chi connectivity index (χ2v) is 7.65. The van der Waals surface area contributed by atoms with E-state index in [-0.39, 0.29) is 16.9 Å². The molecule has 2 atom stereocenters. The van der Waals surface area contributed by atoms with Crippen LogP contribution in [0.4, 0.5) is 18.9 Å². The molecule has 2 rings (SSSR count). The first-order valence-electron chi connectivity index (χ1n) is 7.58. The molecule has 0 saturated heterocycles. The minimum absolute atomic E-state index is 0.0436. The maximum atomic E-state index is 12.7. The summed E-state index contributed by atoms with van der Waals surface area (Å²) in [5.41, 5.74) is -0.266. The smallest absolute Gasteiger partial charge is 0.393 e. The van der Waals surface area contributed by atoms with Crippen LogP contribution >= 0.6 is 0 Å². The van der Waals surface area contributed by atoms with Gasteiger partial charge in [0, 0.05) is 12.2 Å². The molecule has 1 aromatic carbocycles. The number of hydrogen-bond donors (Lipinski definition) is 2. The van der Waals surface area contributed by atoms with Gasteiger partial charge >= 0.3 is 6.18 Å². The maximum absolute atomic E-state index is 12.7. The fourth-order valence-corrected chi connectivity index (χ4v) is 3.83. The summed E-state index contributed by atoms with van der Waals surface area (Å²) < 4.78 is 38.2. The van der Waals surface area contributed by atoms with Crippen LogP contribution in [-0.2, 0) is 6.18 Å². The van der Waals surface area contributed by atoms with Crippen LogP contribution in [0, 0.1) is 10.8 Å². The summed E-state index contributed by atoms with van der Waals surface area (Å²) in [5, 5.41) is 13.2. The van der Waals surface area contributed by atoms with Crippen molar-refractivity contribution in [2.24, 2.45) is 10.8 Å². The average Bonchev–Trinajstić information content (AvgIpc) is 2.33. The summed E-state index contributed by atoms with van der Waals surface area (Å²) in [6, 6.07) is 5.25. The molecular formula is C17H24F3NO. The lowest BCUT2D eigenvalue weighted by Gasteiger charge is -2.45. The van der Waals surface area contributed by atoms with Crippen LogP contribution in [0.25, 0.3) is 0 Å². The number of rotatable bonds is 3. The molecule has 1 saturated carbocycles. The summed E-state index contributed by atoms with van der Waals surface area (Å²) >= 11 is 0. The molecule has 0 spiro atoms. The molecule has 0 heterocycles. The molecule has 0 radical (unpaired) electrons. The maximum Gasteiger partial charge on any atom is 0.416 e. The highest BCUT2D eigenvalue weighted by atomic mass is 19.4. The van der Waals surface area contributed by atoms with Gasteiger partial charge in [-0.3, -0.25) is 0 Å². The third kappa shape index (κ3) is 4.38. The molecule has 1 aliphatic carbocycles. The van der Waals surface area contributed by atoms with E-state index in [2.05, 4.69) is 26.1 Å². The van der Waals surface area contributed by atoms with Crippen molar-refractivity contribution >= 4 is 5.69 Å². The first-order chi connectivity index (χ1) is 9.99. The Morgan fingerprint density at radius 1 is 1.23 bits per heavy atom. The van der Waals surface area contributed by atoms with E-state index in [0.717, 1.165) is 25.0 Å². The Hall–Kier alpha value is -1.23. The van der Waals surface area contributed by atoms with Gasteiger partial charge in [-0.15, -0.1) is 0 Å². The van der Waals surface area contributed by atoms with E-state index in [1.165, 1.54) is 6.07 Å². The number of halogens is 3. The Labute approximate surface area is 129 Å². The highest BCUT2D eigenvalue weighted by Gasteiger charge is 2.40. The molecule has 1 aliphatic rings. The predicted molar refractivity (Wildman–Crippen MR) is 81.7 cm³/mol. The third-order valence-electron chi connectivity index (χ3n) is 4.33. The van der Waals surface area contributed by atoms with Crippen molar-refractivity contribution in [3.63, 3.8) is 0 Å². The lowest BCUT2D eigenvalue weighted by Crippen LogP contribution is -2.42. The number of anilines is 1. The van der Waals surface area contributed by atoms with Crippen LogP contribution in [0.1, 0.15) is 45.6 Å². The standard InChI is InChI=1S/C17H24F3NO/c1-15(2)8-14(22)9-16(3,10-15)11-21-13-6-4-5-12(7-13)17(18,19)20/h4-7,14,21-22H,8-11H2,1-3H3. The van der Waals surface area contributed by atoms with E-state index < -0.39 is 11.7 Å². The van der Waals surface area contributed by atoms with Gasteiger partial charge in [0.1, 0.15) is 0 Å². The van der Waals surface area contributed by atoms with E-state index >= 15 is 0 Å². The van der Waals surface area contributed by atoms with E-state index in [0.29, 0.717) is 18.7 Å². The summed E-state index contributed by atoms with van der Waals surface area (Å²) in [6.07, 6.45) is -2.31. The van der Waals surface area contributed by atoms with Crippen molar-refractivity contribution in [3.05, 3.63) is 29.8 Å². The average molecular weight is 315 g/mol. The molecule has 0 aliphatic heterocycles. The number of benzene rings is 1. The van der Waals surface area contributed by atoms with Gasteiger partial charge in [0.25, 0.3) is 0 Å². The van der Waals surface area contributed by atoms with Gasteiger partial charge in [0.2, 0.25) is 0 Å². The Kier molecular flexibility index (Phi) is 4.49. The second-order valence-electron chi connectivity index (χ2n) is 7.65. The van der Waals surface area contributed by atoms with E-state index in [9.17, 15) is 18.3 Å². The molecule has 0 amide bonds. The van der Waals surface area contributed by atoms with Crippen molar-refractivity contribution < 1.29 is 18.3 Å². The number of hydrogen-bond acceptors (Lipinski definition) is 2. The number of aliphatic hydroxyl groups excluding tert-OH is 1. The van der Waals surface area contributed by atoms with Crippen LogP contribution in [0.2, 0.25) is 0 Å². The molecule has 2 nitrogen and oxygen atoms in total. The first kappa shape index (κ1) is 17.1. The summed E-state index contributed by atoms with van der Waals surface area (Å²) in [5.74, 6) is 0. The van der Waals surface area contributed by atoms with Gasteiger partial charge in [0.05, 0.1) is 11.7 Å². The van der Waals surface area contributed by atoms with Gasteiger partial charge in [0.15, 0.2) is 0 Å². The van der Waals surface area contributed by atoms with E-state index in [1.54, 1.807) is 6.07 Å². The highest BCUT2D eigenvalue weighted by molar-refractivity contribution is 5.46. The van der Waals surface area contributed by atoms with Crippen molar-refractivity contribution in [1.29, 1.82) is 0 Å². The summed E-state index contributed by atoms with van der Waals surface area (Å²) in [4.78, 5) is 0. The molecule has 1 fully saturated rings. The molecule has 2 unspecified atom stereocenters. The minimum Gasteiger partial charge on any atom is -0.393 e. The van der Waals surface area contributed by atoms with Crippen molar-refractivity contribution in [3.8, 4) is 0 Å². The Morgan fingerprint density at radius 3 is 2.50 bits per heavy atom. The topological polar surface area (TPSA) is 32.3 Å². The van der Waals surface area contributed by atoms with Crippen molar-refractivity contribution in [1.82, 2.24) is 0 Å². The van der Waals surface area contributed by atoms with Gasteiger partial charge < -0.3 is 10.4 Å². The molecule has 124 valence electrons. The lowest BCUT2D eigenvalue weighted by molar-refractivity contribution is -0.137. The Balaban J connectivity index is 2.06. The van der Waals surface area contributed by atoms with E-state index in [4.69, 9.17) is 0 Å². The van der Waals surface area contributed by atoms with Crippen LogP contribution in [-0.4, -0.2) is 17.8 Å². The van der Waals surface area contributed by atoms with Crippen molar-refractivity contribution in [2.45, 2.75) is 52.3 Å². The SMILES string of the molecule is CC1(C)CC(O)CC(C)(CNc2cccc(C(F)(F)F)c2)C1. The number of alkyl halides is 3. The normalized spacial score (nSPS) is 28.4. The lowest BCUT2D eigenvalue weighted by atomic mass is 9.63. The minimum atomic E-state index is -4.33. The monoisotopic (exact) mass is 315 g/mol. The highest BCUT2D eigenvalue weighted by Crippen LogP contribution is 2.46. The zero-order chi connectivity index (χ0) is 16.6. The van der Waals surface area contributed by atoms with Crippen LogP contribution < -0.4 is 5.32 Å². The summed E-state index contributed by atoms with van der Waals surface area (Å²) in [7, 11) is 0. The molecule has 2 N–H and O–H groups in total. The quantitative estimate of drug-likeness (QED) is 0.848. The van der Waals surface area contributed by atoms with E-state index in [1.807, 2.05) is 0 Å². The first-order valence-corrected chi connectivity index (χ1v) is 7.58. The molecule has 5 heteroatoms. The predicted octanol–water partition coefficient (Wildman–Crippen LogP) is 4.69. The largest absolute Gasteiger partial charge is 0.416 e. The third-order valence-corrected chi connectivity index (χ3v) is 4.33. The fourth-order valence-electron chi connectivity index (χ4n) is 3.83. The Morgan fingerprint density at radius 2 is 1.91 bits per heavy atom. The number of nitrogens with one attached hydrogen (secondary N) is 1. The second kappa shape index (κ2) is 5.76. The molecule has 0 aromatic heterocycles. The fraction of sp³-hybridized carbons (Fsp3) is 0.647. The van der Waals surface area contributed by atoms with Gasteiger partial charge in [-0.05, 0) is 48.3 Å². The van der Waals surface area contributed by atoms with Gasteiger partial charge in [-0.2, -0.15) is 13.2 Å². The van der Waals surface area contributed by atoms with Crippen LogP contribution in [0.15, 0.2) is 24.3 Å². The van der Waals surface area contributed by atoms with Crippen LogP contribution in [0.3, 0.4) is 0 Å². The van der Waals surface area contributed by atoms with Gasteiger partial charge in [-0.25, -0.2) is 0 Å². The number of aliphatic hydroxyl groups is 1. The molecule has 1 aromatic rings. The van der Waals surface area contributed by atoms with Crippen LogP contribution in [0.5, 0.6) is 0 Å². The zero-order valence-corrected chi connectivity index (χ0v) is 13.3. The molecule has 22 heavy (non-hydrogen) atoms. The molecular weight excluding hydrogens is 291 g/mol. The van der Waals surface area contributed by atoms with Gasteiger partial charge in [-0.1, -0.05) is 26.8 Å². The molecule has 0 bridgehead atoms.